The molecule has 0 aromatic carbocycles. The molecule has 1 fully saturated rings. The molecule has 0 bridgehead atoms. The summed E-state index contributed by atoms with van der Waals surface area (Å²) in [4.78, 5) is 36.3. The molecule has 1 aliphatic rings. The monoisotopic (exact) mass is 541 g/mol. The second kappa shape index (κ2) is 10.2. The number of likely N-dealkylation sites (tertiary alicyclic amines) is 1. The Morgan fingerprint density at radius 3 is 2.38 bits per heavy atom. The van der Waals surface area contributed by atoms with Gasteiger partial charge in [-0.15, -0.1) is 11.3 Å². The van der Waals surface area contributed by atoms with E-state index < -0.39 is 40.7 Å². The van der Waals surface area contributed by atoms with Crippen LogP contribution in [0.3, 0.4) is 0 Å². The van der Waals surface area contributed by atoms with Crippen molar-refractivity contribution in [3.05, 3.63) is 28.5 Å². The highest BCUT2D eigenvalue weighted by Gasteiger charge is 2.38. The fraction of sp³-hybridized carbons (Fsp3) is 0.600. The lowest BCUT2D eigenvalue weighted by Gasteiger charge is -2.26. The van der Waals surface area contributed by atoms with Crippen LogP contribution in [0.2, 0.25) is 0 Å². The van der Waals surface area contributed by atoms with Crippen molar-refractivity contribution in [2.24, 2.45) is 0 Å². The van der Waals surface area contributed by atoms with Crippen molar-refractivity contribution in [1.29, 1.82) is 0 Å². The molecular weight excluding hydrogens is 507 g/mol. The number of thiazole rings is 1. The number of carbonyl (C=O) groups excluding carboxylic acids is 2. The molecule has 0 spiro atoms. The predicted molar refractivity (Wildman–Crippen MR) is 137 cm³/mol. The van der Waals surface area contributed by atoms with Crippen molar-refractivity contribution >= 4 is 29.0 Å². The first kappa shape index (κ1) is 28.8. The van der Waals surface area contributed by atoms with Crippen LogP contribution in [0.1, 0.15) is 87.2 Å². The number of hydrogen-bond donors (Lipinski definition) is 3. The van der Waals surface area contributed by atoms with Gasteiger partial charge in [0, 0.05) is 29.9 Å². The van der Waals surface area contributed by atoms with Gasteiger partial charge in [0.15, 0.2) is 5.01 Å². The number of aromatic nitrogens is 2. The summed E-state index contributed by atoms with van der Waals surface area (Å²) in [6, 6.07) is 0.122. The van der Waals surface area contributed by atoms with Crippen molar-refractivity contribution in [2.75, 3.05) is 11.9 Å². The maximum atomic E-state index is 14.2. The van der Waals surface area contributed by atoms with E-state index in [0.29, 0.717) is 17.9 Å². The van der Waals surface area contributed by atoms with E-state index in [1.165, 1.54) is 13.8 Å². The Kier molecular flexibility index (Phi) is 7.95. The highest BCUT2D eigenvalue weighted by atomic mass is 32.1. The lowest BCUT2D eigenvalue weighted by atomic mass is 10.0. The molecule has 2 aromatic rings. The van der Waals surface area contributed by atoms with E-state index in [2.05, 4.69) is 20.6 Å². The van der Waals surface area contributed by atoms with Crippen LogP contribution in [-0.4, -0.2) is 61.6 Å². The number of carbonyl (C=O) groups is 2. The zero-order valence-corrected chi connectivity index (χ0v) is 22.9. The molecule has 1 saturated heterocycles. The number of alkyl halides is 3. The third-order valence-electron chi connectivity index (χ3n) is 6.20. The number of nitrogens with zero attached hydrogens (tertiary/aromatic N) is 3. The van der Waals surface area contributed by atoms with Crippen LogP contribution >= 0.6 is 11.3 Å². The highest BCUT2D eigenvalue weighted by Crippen LogP contribution is 2.42. The van der Waals surface area contributed by atoms with Crippen molar-refractivity contribution in [2.45, 2.75) is 90.7 Å². The lowest BCUT2D eigenvalue weighted by Crippen LogP contribution is -2.47. The molecule has 12 heteroatoms. The maximum absolute atomic E-state index is 14.2. The smallest absolute Gasteiger partial charge is 0.388 e. The molecule has 0 radical (unpaired) electrons. The van der Waals surface area contributed by atoms with E-state index in [1.807, 2.05) is 6.92 Å². The molecule has 3 heterocycles. The summed E-state index contributed by atoms with van der Waals surface area (Å²) in [7, 11) is 0. The fourth-order valence-corrected chi connectivity index (χ4v) is 4.86. The standard InChI is InChI=1S/C25H34F3N5O3S/c1-13-9-8-10-33(13)22(35)18-19(37-21(31-18)20(34)30-14(2)24(6,7)36)15-12-29-17(32-23(3,4)5)11-16(15)25(26,27)28/h11-14,36H,8-10H2,1-7H3,(H,29,32)(H,30,34)/t13-,14+/m0/s1. The second-order valence-electron chi connectivity index (χ2n) is 11.0. The first-order valence-electron chi connectivity index (χ1n) is 12.1. The first-order valence-corrected chi connectivity index (χ1v) is 12.9. The summed E-state index contributed by atoms with van der Waals surface area (Å²) >= 11 is 0.698. The van der Waals surface area contributed by atoms with Crippen molar-refractivity contribution in [3.63, 3.8) is 0 Å². The average Bonchev–Trinajstić information content (AvgIpc) is 3.37. The molecule has 0 aliphatic carbocycles. The van der Waals surface area contributed by atoms with E-state index in [9.17, 15) is 27.9 Å². The third kappa shape index (κ3) is 6.78. The molecule has 3 N–H and O–H groups in total. The van der Waals surface area contributed by atoms with Gasteiger partial charge in [0.25, 0.3) is 11.8 Å². The molecule has 37 heavy (non-hydrogen) atoms. The van der Waals surface area contributed by atoms with Crippen molar-refractivity contribution < 1.29 is 27.9 Å². The van der Waals surface area contributed by atoms with Gasteiger partial charge >= 0.3 is 6.18 Å². The highest BCUT2D eigenvalue weighted by molar-refractivity contribution is 7.17. The molecule has 0 unspecified atom stereocenters. The summed E-state index contributed by atoms with van der Waals surface area (Å²) in [6.07, 6.45) is -2.15. The predicted octanol–water partition coefficient (Wildman–Crippen LogP) is 4.95. The molecule has 3 rings (SSSR count). The van der Waals surface area contributed by atoms with Crippen molar-refractivity contribution in [3.8, 4) is 10.4 Å². The van der Waals surface area contributed by atoms with Crippen LogP contribution in [0.4, 0.5) is 19.0 Å². The second-order valence-corrected chi connectivity index (χ2v) is 12.0. The van der Waals surface area contributed by atoms with Gasteiger partial charge in [-0.2, -0.15) is 13.2 Å². The van der Waals surface area contributed by atoms with Gasteiger partial charge in [0.1, 0.15) is 11.5 Å². The van der Waals surface area contributed by atoms with Gasteiger partial charge in [-0.05, 0) is 67.4 Å². The summed E-state index contributed by atoms with van der Waals surface area (Å²) in [5, 5.41) is 15.6. The Morgan fingerprint density at radius 2 is 1.86 bits per heavy atom. The number of hydrogen-bond acceptors (Lipinski definition) is 7. The summed E-state index contributed by atoms with van der Waals surface area (Å²) in [5.74, 6) is -1.19. The number of rotatable bonds is 6. The Bertz CT molecular complexity index is 1170. The minimum absolute atomic E-state index is 0.0334. The van der Waals surface area contributed by atoms with E-state index in [-0.39, 0.29) is 33.0 Å². The maximum Gasteiger partial charge on any atom is 0.417 e. The zero-order chi connectivity index (χ0) is 27.9. The van der Waals surface area contributed by atoms with E-state index in [0.717, 1.165) is 25.1 Å². The minimum Gasteiger partial charge on any atom is -0.388 e. The summed E-state index contributed by atoms with van der Waals surface area (Å²) in [5.41, 5.74) is -3.31. The van der Waals surface area contributed by atoms with Gasteiger partial charge in [-0.3, -0.25) is 9.59 Å². The van der Waals surface area contributed by atoms with Gasteiger partial charge in [-0.25, -0.2) is 9.97 Å². The SMILES string of the molecule is C[C@H]1CCCN1C(=O)c1nc(C(=O)N[C@H](C)C(C)(C)O)sc1-c1cnc(NC(C)(C)C)cc1C(F)(F)F. The van der Waals surface area contributed by atoms with Gasteiger partial charge in [0.05, 0.1) is 22.1 Å². The number of nitrogens with one attached hydrogen (secondary N) is 2. The third-order valence-corrected chi connectivity index (χ3v) is 7.29. The van der Waals surface area contributed by atoms with Gasteiger partial charge in [0.2, 0.25) is 0 Å². The van der Waals surface area contributed by atoms with E-state index in [4.69, 9.17) is 0 Å². The summed E-state index contributed by atoms with van der Waals surface area (Å²) < 4.78 is 42.7. The van der Waals surface area contributed by atoms with Gasteiger partial charge < -0.3 is 20.6 Å². The molecular formula is C25H34F3N5O3S. The Balaban J connectivity index is 2.15. The minimum atomic E-state index is -4.75. The zero-order valence-electron chi connectivity index (χ0n) is 22.1. The average molecular weight is 542 g/mol. The lowest BCUT2D eigenvalue weighted by molar-refractivity contribution is -0.137. The quantitative estimate of drug-likeness (QED) is 0.478. The van der Waals surface area contributed by atoms with Crippen LogP contribution in [0.25, 0.3) is 10.4 Å². The number of anilines is 1. The molecule has 1 aliphatic heterocycles. The van der Waals surface area contributed by atoms with Crippen molar-refractivity contribution in [1.82, 2.24) is 20.2 Å². The molecule has 8 nitrogen and oxygen atoms in total. The Hall–Kier alpha value is -2.73. The van der Waals surface area contributed by atoms with Crippen LogP contribution < -0.4 is 10.6 Å². The number of aliphatic hydroxyl groups is 1. The van der Waals surface area contributed by atoms with E-state index in [1.54, 1.807) is 32.6 Å². The Labute approximate surface area is 218 Å². The summed E-state index contributed by atoms with van der Waals surface area (Å²) in [6.45, 7) is 12.3. The normalized spacial score (nSPS) is 17.6. The van der Waals surface area contributed by atoms with Crippen LogP contribution in [0, 0.1) is 0 Å². The van der Waals surface area contributed by atoms with Crippen LogP contribution in [-0.2, 0) is 6.18 Å². The molecule has 2 atom stereocenters. The number of pyridine rings is 1. The molecule has 2 aromatic heterocycles. The van der Waals surface area contributed by atoms with Crippen LogP contribution in [0.5, 0.6) is 0 Å². The number of amides is 2. The van der Waals surface area contributed by atoms with E-state index >= 15 is 0 Å². The first-order chi connectivity index (χ1) is 16.9. The fourth-order valence-electron chi connectivity index (χ4n) is 3.87. The largest absolute Gasteiger partial charge is 0.417 e. The molecule has 2 amide bonds. The topological polar surface area (TPSA) is 107 Å². The molecule has 0 saturated carbocycles. The number of halogens is 3. The Morgan fingerprint density at radius 1 is 1.22 bits per heavy atom. The van der Waals surface area contributed by atoms with Gasteiger partial charge in [-0.1, -0.05) is 0 Å². The molecule has 204 valence electrons. The van der Waals surface area contributed by atoms with Crippen LogP contribution in [0.15, 0.2) is 12.3 Å².